The summed E-state index contributed by atoms with van der Waals surface area (Å²) in [7, 11) is 1.68. The average Bonchev–Trinajstić information content (AvgIpc) is 2.86. The van der Waals surface area contributed by atoms with Crippen LogP contribution in [0, 0.1) is 0 Å². The van der Waals surface area contributed by atoms with Crippen LogP contribution in [0.2, 0.25) is 0 Å². The van der Waals surface area contributed by atoms with Gasteiger partial charge in [-0.05, 0) is 32.2 Å². The lowest BCUT2D eigenvalue weighted by atomic mass is 10.1. The zero-order valence-corrected chi connectivity index (χ0v) is 10.8. The first-order valence-corrected chi connectivity index (χ1v) is 6.48. The van der Waals surface area contributed by atoms with Crippen LogP contribution in [-0.2, 0) is 9.53 Å². The van der Waals surface area contributed by atoms with Gasteiger partial charge in [0.1, 0.15) is 0 Å². The number of hydrogen-bond acceptors (Lipinski definition) is 4. The molecule has 1 unspecified atom stereocenters. The predicted molar refractivity (Wildman–Crippen MR) is 67.8 cm³/mol. The van der Waals surface area contributed by atoms with Gasteiger partial charge in [-0.2, -0.15) is 0 Å². The molecule has 1 aliphatic heterocycles. The normalized spacial score (nSPS) is 17.4. The van der Waals surface area contributed by atoms with Crippen molar-refractivity contribution in [2.24, 2.45) is 5.73 Å². The number of rotatable bonds is 8. The zero-order valence-electron chi connectivity index (χ0n) is 10.8. The lowest BCUT2D eigenvalue weighted by Crippen LogP contribution is -2.42. The van der Waals surface area contributed by atoms with E-state index in [-0.39, 0.29) is 11.9 Å². The maximum Gasteiger partial charge on any atom is 0.236 e. The lowest BCUT2D eigenvalue weighted by molar-refractivity contribution is -0.129. The largest absolute Gasteiger partial charge is 0.383 e. The molecule has 17 heavy (non-hydrogen) atoms. The SMILES string of the molecule is COCC(CCCN)NCC(=O)N1CCCC1. The highest BCUT2D eigenvalue weighted by Crippen LogP contribution is 2.07. The van der Waals surface area contributed by atoms with Crippen LogP contribution in [-0.4, -0.2) is 56.7 Å². The van der Waals surface area contributed by atoms with E-state index >= 15 is 0 Å². The van der Waals surface area contributed by atoms with Gasteiger partial charge in [0.05, 0.1) is 13.2 Å². The summed E-state index contributed by atoms with van der Waals surface area (Å²) in [6, 6.07) is 0.232. The van der Waals surface area contributed by atoms with Crippen molar-refractivity contribution in [1.29, 1.82) is 0 Å². The number of carbonyl (C=O) groups is 1. The molecule has 0 radical (unpaired) electrons. The van der Waals surface area contributed by atoms with Gasteiger partial charge in [-0.15, -0.1) is 0 Å². The number of ether oxygens (including phenoxy) is 1. The van der Waals surface area contributed by atoms with E-state index in [0.717, 1.165) is 38.8 Å². The third-order valence-corrected chi connectivity index (χ3v) is 3.13. The summed E-state index contributed by atoms with van der Waals surface area (Å²) in [5, 5.41) is 3.26. The molecule has 1 aliphatic rings. The monoisotopic (exact) mass is 243 g/mol. The molecule has 1 fully saturated rings. The predicted octanol–water partition coefficient (Wildman–Crippen LogP) is -0.0477. The molecule has 0 spiro atoms. The molecule has 1 amide bonds. The molecule has 5 heteroatoms. The van der Waals surface area contributed by atoms with Gasteiger partial charge in [-0.3, -0.25) is 4.79 Å². The molecule has 3 N–H and O–H groups in total. The summed E-state index contributed by atoms with van der Waals surface area (Å²) in [5.74, 6) is 0.205. The molecule has 0 aromatic rings. The van der Waals surface area contributed by atoms with Crippen molar-refractivity contribution >= 4 is 5.91 Å². The quantitative estimate of drug-likeness (QED) is 0.627. The Bertz CT molecular complexity index is 218. The first-order chi connectivity index (χ1) is 8.27. The fourth-order valence-electron chi connectivity index (χ4n) is 2.12. The minimum atomic E-state index is 0.205. The van der Waals surface area contributed by atoms with Crippen LogP contribution in [0.4, 0.5) is 0 Å². The first-order valence-electron chi connectivity index (χ1n) is 6.48. The van der Waals surface area contributed by atoms with Crippen LogP contribution in [0.15, 0.2) is 0 Å². The minimum absolute atomic E-state index is 0.205. The van der Waals surface area contributed by atoms with Crippen molar-refractivity contribution in [2.75, 3.05) is 39.9 Å². The third-order valence-electron chi connectivity index (χ3n) is 3.13. The van der Waals surface area contributed by atoms with Gasteiger partial charge in [0.2, 0.25) is 5.91 Å². The summed E-state index contributed by atoms with van der Waals surface area (Å²) in [6.07, 6.45) is 4.19. The highest BCUT2D eigenvalue weighted by Gasteiger charge is 2.18. The Hall–Kier alpha value is -0.650. The van der Waals surface area contributed by atoms with E-state index in [2.05, 4.69) is 5.32 Å². The van der Waals surface area contributed by atoms with Crippen LogP contribution < -0.4 is 11.1 Å². The number of nitrogens with two attached hydrogens (primary N) is 1. The molecule has 0 aromatic carbocycles. The van der Waals surface area contributed by atoms with E-state index in [1.165, 1.54) is 0 Å². The first kappa shape index (κ1) is 14.4. The molecule has 0 aliphatic carbocycles. The molecule has 1 heterocycles. The molecule has 1 saturated heterocycles. The van der Waals surface area contributed by atoms with Crippen LogP contribution in [0.3, 0.4) is 0 Å². The van der Waals surface area contributed by atoms with E-state index in [0.29, 0.717) is 19.7 Å². The maximum absolute atomic E-state index is 11.8. The van der Waals surface area contributed by atoms with Crippen LogP contribution >= 0.6 is 0 Å². The fraction of sp³-hybridized carbons (Fsp3) is 0.917. The van der Waals surface area contributed by atoms with Crippen molar-refractivity contribution in [2.45, 2.75) is 31.7 Å². The fourth-order valence-corrected chi connectivity index (χ4v) is 2.12. The summed E-state index contributed by atoms with van der Waals surface area (Å²) in [6.45, 7) is 3.56. The summed E-state index contributed by atoms with van der Waals surface area (Å²) < 4.78 is 5.13. The highest BCUT2D eigenvalue weighted by atomic mass is 16.5. The molecular weight excluding hydrogens is 218 g/mol. The maximum atomic E-state index is 11.8. The van der Waals surface area contributed by atoms with Gasteiger partial charge in [-0.1, -0.05) is 0 Å². The van der Waals surface area contributed by atoms with Crippen LogP contribution in [0.25, 0.3) is 0 Å². The van der Waals surface area contributed by atoms with Crippen molar-refractivity contribution in [3.8, 4) is 0 Å². The Kier molecular flexibility index (Phi) is 7.16. The molecule has 1 rings (SSSR count). The lowest BCUT2D eigenvalue weighted by Gasteiger charge is -2.20. The number of nitrogens with zero attached hydrogens (tertiary/aromatic N) is 1. The smallest absolute Gasteiger partial charge is 0.236 e. The number of likely N-dealkylation sites (tertiary alicyclic amines) is 1. The summed E-state index contributed by atoms with van der Waals surface area (Å²) in [4.78, 5) is 13.8. The zero-order chi connectivity index (χ0) is 12.5. The van der Waals surface area contributed by atoms with Gasteiger partial charge in [0.25, 0.3) is 0 Å². The van der Waals surface area contributed by atoms with E-state index in [4.69, 9.17) is 10.5 Å². The Morgan fingerprint density at radius 2 is 2.18 bits per heavy atom. The van der Waals surface area contributed by atoms with Crippen molar-refractivity contribution in [3.05, 3.63) is 0 Å². The second-order valence-corrected chi connectivity index (χ2v) is 4.55. The molecule has 0 bridgehead atoms. The Balaban J connectivity index is 2.21. The van der Waals surface area contributed by atoms with Gasteiger partial charge >= 0.3 is 0 Å². The molecular formula is C12H25N3O2. The molecule has 0 aromatic heterocycles. The van der Waals surface area contributed by atoms with Gasteiger partial charge < -0.3 is 20.7 Å². The van der Waals surface area contributed by atoms with Crippen LogP contribution in [0.1, 0.15) is 25.7 Å². The topological polar surface area (TPSA) is 67.6 Å². The Morgan fingerprint density at radius 1 is 1.47 bits per heavy atom. The van der Waals surface area contributed by atoms with Gasteiger partial charge in [0.15, 0.2) is 0 Å². The van der Waals surface area contributed by atoms with Crippen LogP contribution in [0.5, 0.6) is 0 Å². The van der Waals surface area contributed by atoms with E-state index < -0.39 is 0 Å². The molecule has 5 nitrogen and oxygen atoms in total. The minimum Gasteiger partial charge on any atom is -0.383 e. The number of carbonyl (C=O) groups excluding carboxylic acids is 1. The van der Waals surface area contributed by atoms with E-state index in [9.17, 15) is 4.79 Å². The van der Waals surface area contributed by atoms with Crippen molar-refractivity contribution in [3.63, 3.8) is 0 Å². The number of nitrogens with one attached hydrogen (secondary N) is 1. The molecule has 100 valence electrons. The standard InChI is InChI=1S/C12H25N3O2/c1-17-10-11(5-4-6-13)14-9-12(16)15-7-2-3-8-15/h11,14H,2-10,13H2,1H3. The van der Waals surface area contributed by atoms with E-state index in [1.807, 2.05) is 4.90 Å². The second-order valence-electron chi connectivity index (χ2n) is 4.55. The molecule has 1 atom stereocenters. The number of hydrogen-bond donors (Lipinski definition) is 2. The average molecular weight is 243 g/mol. The molecule has 0 saturated carbocycles. The van der Waals surface area contributed by atoms with Crippen molar-refractivity contribution < 1.29 is 9.53 Å². The van der Waals surface area contributed by atoms with Gasteiger partial charge in [0, 0.05) is 26.2 Å². The Morgan fingerprint density at radius 3 is 2.76 bits per heavy atom. The number of methoxy groups -OCH3 is 1. The Labute approximate surface area is 104 Å². The second kappa shape index (κ2) is 8.44. The highest BCUT2D eigenvalue weighted by molar-refractivity contribution is 5.78. The third kappa shape index (κ3) is 5.48. The number of amides is 1. The van der Waals surface area contributed by atoms with E-state index in [1.54, 1.807) is 7.11 Å². The summed E-state index contributed by atoms with van der Waals surface area (Å²) >= 11 is 0. The van der Waals surface area contributed by atoms with Crippen molar-refractivity contribution in [1.82, 2.24) is 10.2 Å². The summed E-state index contributed by atoms with van der Waals surface area (Å²) in [5.41, 5.74) is 5.48. The van der Waals surface area contributed by atoms with Gasteiger partial charge in [-0.25, -0.2) is 0 Å².